The van der Waals surface area contributed by atoms with Crippen molar-refractivity contribution in [3.63, 3.8) is 0 Å². The zero-order chi connectivity index (χ0) is 19.8. The van der Waals surface area contributed by atoms with Gasteiger partial charge in [-0.3, -0.25) is 0 Å². The van der Waals surface area contributed by atoms with Gasteiger partial charge in [0.05, 0.1) is 5.69 Å². The number of aryl methyl sites for hydroxylation is 1. The van der Waals surface area contributed by atoms with Gasteiger partial charge in [0, 0.05) is 37.2 Å². The monoisotopic (exact) mass is 437 g/mol. The lowest BCUT2D eigenvalue weighted by atomic mass is 10.0. The van der Waals surface area contributed by atoms with Crippen LogP contribution in [0.25, 0.3) is 11.0 Å². The molecule has 1 saturated heterocycles. The Morgan fingerprint density at radius 2 is 2.00 bits per heavy atom. The Morgan fingerprint density at radius 1 is 1.33 bits per heavy atom. The third kappa shape index (κ3) is 4.20. The van der Waals surface area contributed by atoms with Crippen LogP contribution in [0.1, 0.15) is 40.5 Å². The summed E-state index contributed by atoms with van der Waals surface area (Å²) < 4.78 is 8.36. The van der Waals surface area contributed by atoms with E-state index < -0.39 is 5.60 Å². The molecule has 0 unspecified atom stereocenters. The molecule has 0 radical (unpaired) electrons. The average Bonchev–Trinajstić information content (AvgIpc) is 2.98. The predicted molar refractivity (Wildman–Crippen MR) is 110 cm³/mol. The normalized spacial score (nSPS) is 16.0. The molecule has 1 aliphatic rings. The molecule has 0 saturated carbocycles. The highest BCUT2D eigenvalue weighted by Gasteiger charge is 2.31. The Hall–Kier alpha value is -1.83. The summed E-state index contributed by atoms with van der Waals surface area (Å²) in [6.07, 6.45) is 1.60. The van der Waals surface area contributed by atoms with E-state index in [2.05, 4.69) is 37.2 Å². The maximum atomic E-state index is 12.5. The molecule has 1 fully saturated rings. The molecule has 148 valence electrons. The molecule has 1 aromatic heterocycles. The smallest absolute Gasteiger partial charge is 0.410 e. The van der Waals surface area contributed by atoms with Gasteiger partial charge in [0.25, 0.3) is 0 Å². The molecule has 7 nitrogen and oxygen atoms in total. The van der Waals surface area contributed by atoms with Gasteiger partial charge in [-0.15, -0.1) is 5.10 Å². The molecular weight excluding hydrogens is 410 g/mol. The second-order valence-electron chi connectivity index (χ2n) is 7.96. The number of rotatable bonds is 3. The fourth-order valence-electron chi connectivity index (χ4n) is 3.64. The number of nitrogens with zero attached hydrogens (tertiary/aromatic N) is 5. The van der Waals surface area contributed by atoms with Gasteiger partial charge in [0.2, 0.25) is 0 Å². The fraction of sp³-hybridized carbons (Fsp3) is 0.632. The summed E-state index contributed by atoms with van der Waals surface area (Å²) in [7, 11) is 1.90. The Morgan fingerprint density at radius 3 is 2.59 bits per heavy atom. The first-order valence-corrected chi connectivity index (χ1v) is 10.2. The highest BCUT2D eigenvalue weighted by Crippen LogP contribution is 2.32. The van der Waals surface area contributed by atoms with Gasteiger partial charge < -0.3 is 14.5 Å². The minimum Gasteiger partial charge on any atom is -0.444 e. The molecule has 2 aromatic rings. The van der Waals surface area contributed by atoms with E-state index in [-0.39, 0.29) is 12.1 Å². The van der Waals surface area contributed by atoms with Crippen molar-refractivity contribution in [2.45, 2.75) is 52.2 Å². The zero-order valence-electron chi connectivity index (χ0n) is 16.7. The molecular formula is C19H28BrN5O2. The lowest BCUT2D eigenvalue weighted by Gasteiger charge is -2.39. The number of fused-ring (bicyclic) bond motifs is 1. The highest BCUT2D eigenvalue weighted by atomic mass is 79.9. The molecule has 2 heterocycles. The number of carbonyl (C=O) groups is 1. The number of amides is 1. The van der Waals surface area contributed by atoms with Gasteiger partial charge in [-0.05, 0) is 68.6 Å². The van der Waals surface area contributed by atoms with Gasteiger partial charge in [0.1, 0.15) is 16.6 Å². The van der Waals surface area contributed by atoms with E-state index in [1.54, 1.807) is 4.68 Å². The molecule has 1 aliphatic heterocycles. The Bertz CT molecular complexity index is 821. The molecule has 1 aromatic carbocycles. The topological polar surface area (TPSA) is 63.5 Å². The summed E-state index contributed by atoms with van der Waals surface area (Å²) in [6.45, 7) is 10.1. The van der Waals surface area contributed by atoms with E-state index in [4.69, 9.17) is 4.74 Å². The molecule has 3 rings (SSSR count). The van der Waals surface area contributed by atoms with Crippen LogP contribution in [0.15, 0.2) is 16.6 Å². The predicted octanol–water partition coefficient (Wildman–Crippen LogP) is 3.96. The first-order chi connectivity index (χ1) is 12.7. The van der Waals surface area contributed by atoms with Crippen molar-refractivity contribution in [1.82, 2.24) is 19.9 Å². The largest absolute Gasteiger partial charge is 0.444 e. The molecule has 27 heavy (non-hydrogen) atoms. The molecule has 0 N–H and O–H groups in total. The van der Waals surface area contributed by atoms with E-state index in [9.17, 15) is 4.79 Å². The van der Waals surface area contributed by atoms with Crippen molar-refractivity contribution in [3.8, 4) is 0 Å². The van der Waals surface area contributed by atoms with E-state index in [0.717, 1.165) is 47.1 Å². The van der Waals surface area contributed by atoms with Gasteiger partial charge in [-0.2, -0.15) is 0 Å². The molecule has 0 atom stereocenters. The minimum atomic E-state index is -0.472. The third-order valence-electron chi connectivity index (χ3n) is 4.90. The van der Waals surface area contributed by atoms with Crippen molar-refractivity contribution in [3.05, 3.63) is 16.6 Å². The highest BCUT2D eigenvalue weighted by molar-refractivity contribution is 9.10. The average molecular weight is 438 g/mol. The quantitative estimate of drug-likeness (QED) is 0.726. The number of aromatic nitrogens is 3. The van der Waals surface area contributed by atoms with Gasteiger partial charge in [-0.25, -0.2) is 9.48 Å². The number of piperidine rings is 1. The van der Waals surface area contributed by atoms with Crippen LogP contribution >= 0.6 is 15.9 Å². The zero-order valence-corrected chi connectivity index (χ0v) is 18.3. The summed E-state index contributed by atoms with van der Waals surface area (Å²) in [4.78, 5) is 16.7. The summed E-state index contributed by atoms with van der Waals surface area (Å²) in [5, 5.41) is 8.52. The van der Waals surface area contributed by atoms with E-state index >= 15 is 0 Å². The van der Waals surface area contributed by atoms with Crippen LogP contribution in [-0.2, 0) is 11.8 Å². The fourth-order valence-corrected chi connectivity index (χ4v) is 4.21. The van der Waals surface area contributed by atoms with Gasteiger partial charge >= 0.3 is 6.09 Å². The number of ether oxygens (including phenoxy) is 1. The Kier molecular flexibility index (Phi) is 5.65. The summed E-state index contributed by atoms with van der Waals surface area (Å²) in [5.74, 6) is 0. The van der Waals surface area contributed by atoms with E-state index in [1.165, 1.54) is 0 Å². The van der Waals surface area contributed by atoms with Gasteiger partial charge in [0.15, 0.2) is 0 Å². The van der Waals surface area contributed by atoms with Crippen LogP contribution in [0.4, 0.5) is 10.5 Å². The van der Waals surface area contributed by atoms with Crippen LogP contribution < -0.4 is 4.90 Å². The van der Waals surface area contributed by atoms with Crippen molar-refractivity contribution >= 4 is 38.7 Å². The maximum absolute atomic E-state index is 12.5. The standard InChI is InChI=1S/C19H28BrN5O2/c1-6-25(18(26)27-19(2,3)4)13-9-11-24(12-10-13)15-8-7-14(20)17-16(15)21-22-23(17)5/h7-8,13H,6,9-12H2,1-5H3. The number of benzene rings is 1. The SMILES string of the molecule is CCN(C(=O)OC(C)(C)C)C1CCN(c2ccc(Br)c3c2nnn3C)CC1. The molecule has 8 heteroatoms. The Labute approximate surface area is 168 Å². The second kappa shape index (κ2) is 7.66. The van der Waals surface area contributed by atoms with Crippen LogP contribution in [0.5, 0.6) is 0 Å². The van der Waals surface area contributed by atoms with Crippen LogP contribution in [-0.4, -0.2) is 57.3 Å². The van der Waals surface area contributed by atoms with Crippen LogP contribution in [0.2, 0.25) is 0 Å². The molecule has 0 spiro atoms. The first-order valence-electron chi connectivity index (χ1n) is 9.43. The summed E-state index contributed by atoms with van der Waals surface area (Å²) in [5.41, 5.74) is 2.53. The summed E-state index contributed by atoms with van der Waals surface area (Å²) in [6, 6.07) is 4.34. The van der Waals surface area contributed by atoms with Crippen molar-refractivity contribution in [2.75, 3.05) is 24.5 Å². The summed E-state index contributed by atoms with van der Waals surface area (Å²) >= 11 is 3.59. The maximum Gasteiger partial charge on any atom is 0.410 e. The van der Waals surface area contributed by atoms with E-state index in [0.29, 0.717) is 6.54 Å². The van der Waals surface area contributed by atoms with Gasteiger partial charge in [-0.1, -0.05) is 5.21 Å². The lowest BCUT2D eigenvalue weighted by Crippen LogP contribution is -2.48. The van der Waals surface area contributed by atoms with E-state index in [1.807, 2.05) is 45.7 Å². The first kappa shape index (κ1) is 19.9. The molecule has 1 amide bonds. The lowest BCUT2D eigenvalue weighted by molar-refractivity contribution is 0.0149. The van der Waals surface area contributed by atoms with Crippen LogP contribution in [0.3, 0.4) is 0 Å². The number of carbonyl (C=O) groups excluding carboxylic acids is 1. The van der Waals surface area contributed by atoms with Crippen molar-refractivity contribution in [1.29, 1.82) is 0 Å². The Balaban J connectivity index is 1.72. The number of hydrogen-bond donors (Lipinski definition) is 0. The van der Waals surface area contributed by atoms with Crippen LogP contribution in [0, 0.1) is 0 Å². The number of halogens is 1. The second-order valence-corrected chi connectivity index (χ2v) is 8.82. The van der Waals surface area contributed by atoms with Crippen molar-refractivity contribution < 1.29 is 9.53 Å². The number of anilines is 1. The third-order valence-corrected chi connectivity index (χ3v) is 5.54. The minimum absolute atomic E-state index is 0.203. The molecule has 0 aliphatic carbocycles. The number of hydrogen-bond acceptors (Lipinski definition) is 5. The van der Waals surface area contributed by atoms with Crippen molar-refractivity contribution in [2.24, 2.45) is 7.05 Å². The molecule has 0 bridgehead atoms.